The first-order valence-corrected chi connectivity index (χ1v) is 4.74. The van der Waals surface area contributed by atoms with E-state index in [0.29, 0.717) is 0 Å². The Morgan fingerprint density at radius 2 is 1.47 bits per heavy atom. The molecule has 1 aromatic rings. The van der Waals surface area contributed by atoms with Gasteiger partial charge in [-0.3, -0.25) is 0 Å². The third-order valence-corrected chi connectivity index (χ3v) is 2.37. The number of nitrogens with two attached hydrogens (primary N) is 1. The Labute approximate surface area is 89.0 Å². The third-order valence-electron chi connectivity index (χ3n) is 2.37. The van der Waals surface area contributed by atoms with Crippen molar-refractivity contribution in [3.8, 4) is 17.2 Å². The molecule has 1 aromatic carbocycles. The molecule has 0 heterocycles. The average Bonchev–Trinajstić information content (AvgIpc) is 1.99. The minimum absolute atomic E-state index is 0.185. The van der Waals surface area contributed by atoms with Crippen LogP contribution < -0.4 is 5.73 Å². The van der Waals surface area contributed by atoms with E-state index in [-0.39, 0.29) is 28.2 Å². The van der Waals surface area contributed by atoms with Crippen LogP contribution in [-0.2, 0) is 0 Å². The smallest absolute Gasteiger partial charge is 0.127 e. The molecular weight excluding hydrogens is 194 g/mol. The maximum atomic E-state index is 9.61. The molecule has 0 saturated heterocycles. The second kappa shape index (κ2) is 3.62. The highest BCUT2D eigenvalue weighted by Gasteiger charge is 2.27. The van der Waals surface area contributed by atoms with Crippen LogP contribution >= 0.6 is 0 Å². The Hall–Kier alpha value is -1.42. The van der Waals surface area contributed by atoms with Crippen LogP contribution in [0.3, 0.4) is 0 Å². The standard InChI is InChI=1S/C11H17NO3/c1-11(2,3)10(12)9-7(14)4-6(13)5-8(9)15/h4-5,10,13-15H,12H2,1-3H3/t10-/m0/s1. The zero-order valence-corrected chi connectivity index (χ0v) is 9.15. The number of benzene rings is 1. The van der Waals surface area contributed by atoms with E-state index >= 15 is 0 Å². The lowest BCUT2D eigenvalue weighted by atomic mass is 9.82. The number of hydrogen-bond donors (Lipinski definition) is 4. The van der Waals surface area contributed by atoms with Crippen molar-refractivity contribution in [1.29, 1.82) is 0 Å². The largest absolute Gasteiger partial charge is 0.508 e. The molecule has 4 heteroatoms. The van der Waals surface area contributed by atoms with Gasteiger partial charge in [0.25, 0.3) is 0 Å². The van der Waals surface area contributed by atoms with Crippen LogP contribution in [0.2, 0.25) is 0 Å². The molecule has 0 unspecified atom stereocenters. The maximum Gasteiger partial charge on any atom is 0.127 e. The van der Waals surface area contributed by atoms with Gasteiger partial charge in [-0.1, -0.05) is 20.8 Å². The van der Waals surface area contributed by atoms with Gasteiger partial charge in [0.2, 0.25) is 0 Å². The number of phenolic OH excluding ortho intramolecular Hbond substituents is 3. The summed E-state index contributed by atoms with van der Waals surface area (Å²) >= 11 is 0. The number of phenols is 3. The molecule has 0 radical (unpaired) electrons. The zero-order valence-electron chi connectivity index (χ0n) is 9.15. The van der Waals surface area contributed by atoms with Crippen molar-refractivity contribution in [2.24, 2.45) is 11.1 Å². The third kappa shape index (κ3) is 2.33. The number of hydrogen-bond acceptors (Lipinski definition) is 4. The molecule has 0 bridgehead atoms. The summed E-state index contributed by atoms with van der Waals surface area (Å²) in [5.74, 6) is -0.556. The van der Waals surface area contributed by atoms with Gasteiger partial charge in [0, 0.05) is 18.2 Å². The van der Waals surface area contributed by atoms with Gasteiger partial charge in [-0.2, -0.15) is 0 Å². The first-order valence-electron chi connectivity index (χ1n) is 4.74. The van der Waals surface area contributed by atoms with Crippen LogP contribution in [0.4, 0.5) is 0 Å². The van der Waals surface area contributed by atoms with Crippen molar-refractivity contribution in [2.75, 3.05) is 0 Å². The predicted octanol–water partition coefficient (Wildman–Crippen LogP) is 1.85. The van der Waals surface area contributed by atoms with Crippen LogP contribution in [0.25, 0.3) is 0 Å². The molecule has 15 heavy (non-hydrogen) atoms. The summed E-state index contributed by atoms with van der Waals surface area (Å²) in [5, 5.41) is 28.4. The Balaban J connectivity index is 3.26. The van der Waals surface area contributed by atoms with Crippen molar-refractivity contribution >= 4 is 0 Å². The number of rotatable bonds is 1. The van der Waals surface area contributed by atoms with Gasteiger partial charge >= 0.3 is 0 Å². The highest BCUT2D eigenvalue weighted by molar-refractivity contribution is 5.50. The summed E-state index contributed by atoms with van der Waals surface area (Å²) in [6, 6.07) is 1.83. The predicted molar refractivity (Wildman–Crippen MR) is 57.8 cm³/mol. The number of aromatic hydroxyl groups is 3. The molecule has 0 amide bonds. The van der Waals surface area contributed by atoms with E-state index in [2.05, 4.69) is 0 Å². The van der Waals surface area contributed by atoms with E-state index in [1.165, 1.54) is 12.1 Å². The molecule has 0 saturated carbocycles. The quantitative estimate of drug-likeness (QED) is 0.571. The molecule has 84 valence electrons. The molecule has 0 aliphatic heterocycles. The summed E-state index contributed by atoms with van der Waals surface area (Å²) in [6.07, 6.45) is 0. The van der Waals surface area contributed by atoms with Gasteiger partial charge in [-0.15, -0.1) is 0 Å². The summed E-state index contributed by atoms with van der Waals surface area (Å²) in [7, 11) is 0. The molecule has 1 atom stereocenters. The van der Waals surface area contributed by atoms with Crippen molar-refractivity contribution in [2.45, 2.75) is 26.8 Å². The van der Waals surface area contributed by atoms with Gasteiger partial charge in [0.05, 0.1) is 5.56 Å². The Morgan fingerprint density at radius 1 is 1.07 bits per heavy atom. The van der Waals surface area contributed by atoms with Gasteiger partial charge in [-0.25, -0.2) is 0 Å². The highest BCUT2D eigenvalue weighted by atomic mass is 16.3. The van der Waals surface area contributed by atoms with E-state index < -0.39 is 6.04 Å². The lowest BCUT2D eigenvalue weighted by Crippen LogP contribution is -2.26. The highest BCUT2D eigenvalue weighted by Crippen LogP contribution is 2.41. The fourth-order valence-electron chi connectivity index (χ4n) is 1.36. The molecule has 0 spiro atoms. The molecule has 0 fully saturated rings. The maximum absolute atomic E-state index is 9.61. The average molecular weight is 211 g/mol. The van der Waals surface area contributed by atoms with Gasteiger partial charge in [-0.05, 0) is 5.41 Å². The van der Waals surface area contributed by atoms with Crippen LogP contribution in [-0.4, -0.2) is 15.3 Å². The van der Waals surface area contributed by atoms with Crippen LogP contribution in [0.5, 0.6) is 17.2 Å². The minimum atomic E-state index is -0.502. The SMILES string of the molecule is CC(C)(C)[C@@H](N)c1c(O)cc(O)cc1O. The molecule has 1 rings (SSSR count). The summed E-state index contributed by atoms with van der Waals surface area (Å²) < 4.78 is 0. The molecule has 4 nitrogen and oxygen atoms in total. The van der Waals surface area contributed by atoms with Gasteiger partial charge in [0.1, 0.15) is 17.2 Å². The minimum Gasteiger partial charge on any atom is -0.508 e. The fraction of sp³-hybridized carbons (Fsp3) is 0.455. The van der Waals surface area contributed by atoms with Crippen LogP contribution in [0.15, 0.2) is 12.1 Å². The normalized spacial score (nSPS) is 13.9. The van der Waals surface area contributed by atoms with E-state index in [1.54, 1.807) is 0 Å². The Morgan fingerprint density at radius 3 is 1.80 bits per heavy atom. The lowest BCUT2D eigenvalue weighted by Gasteiger charge is -2.28. The van der Waals surface area contributed by atoms with Crippen LogP contribution in [0.1, 0.15) is 32.4 Å². The zero-order chi connectivity index (χ0) is 11.8. The Kier molecular flexibility index (Phi) is 2.81. The molecule has 0 aromatic heterocycles. The molecule has 0 aliphatic rings. The van der Waals surface area contributed by atoms with Gasteiger partial charge in [0.15, 0.2) is 0 Å². The van der Waals surface area contributed by atoms with Crippen molar-refractivity contribution in [3.05, 3.63) is 17.7 Å². The molecular formula is C11H17NO3. The van der Waals surface area contributed by atoms with Crippen molar-refractivity contribution < 1.29 is 15.3 Å². The van der Waals surface area contributed by atoms with Gasteiger partial charge < -0.3 is 21.1 Å². The van der Waals surface area contributed by atoms with E-state index in [9.17, 15) is 10.2 Å². The fourth-order valence-corrected chi connectivity index (χ4v) is 1.36. The first-order chi connectivity index (χ1) is 6.73. The second-order valence-corrected chi connectivity index (χ2v) is 4.74. The van der Waals surface area contributed by atoms with Crippen molar-refractivity contribution in [3.63, 3.8) is 0 Å². The topological polar surface area (TPSA) is 86.7 Å². The molecule has 0 aliphatic carbocycles. The monoisotopic (exact) mass is 211 g/mol. The summed E-state index contributed by atoms with van der Waals surface area (Å²) in [5.41, 5.74) is 5.90. The Bertz CT molecular complexity index is 346. The summed E-state index contributed by atoms with van der Waals surface area (Å²) in [4.78, 5) is 0. The lowest BCUT2D eigenvalue weighted by molar-refractivity contribution is 0.306. The second-order valence-electron chi connectivity index (χ2n) is 4.74. The van der Waals surface area contributed by atoms with Crippen molar-refractivity contribution in [1.82, 2.24) is 0 Å². The van der Waals surface area contributed by atoms with Crippen LogP contribution in [0, 0.1) is 5.41 Å². The van der Waals surface area contributed by atoms with E-state index in [4.69, 9.17) is 10.8 Å². The van der Waals surface area contributed by atoms with E-state index in [0.717, 1.165) is 0 Å². The first kappa shape index (κ1) is 11.7. The van der Waals surface area contributed by atoms with E-state index in [1.807, 2.05) is 20.8 Å². The molecule has 5 N–H and O–H groups in total. The summed E-state index contributed by atoms with van der Waals surface area (Å²) in [6.45, 7) is 5.72.